The number of hydrogen-bond donors (Lipinski definition) is 1. The minimum atomic E-state index is 0.796. The van der Waals surface area contributed by atoms with E-state index in [4.69, 9.17) is 5.73 Å². The number of nitrogens with two attached hydrogens (primary N) is 1. The summed E-state index contributed by atoms with van der Waals surface area (Å²) >= 11 is 0. The first-order chi connectivity index (χ1) is 5.26. The Kier molecular flexibility index (Phi) is 5.35. The molecule has 0 aromatic heterocycles. The summed E-state index contributed by atoms with van der Waals surface area (Å²) in [5.74, 6) is 2.00. The van der Waals surface area contributed by atoms with Crippen molar-refractivity contribution >= 4 is 7.85 Å². The highest BCUT2D eigenvalue weighted by Gasteiger charge is 1.93. The van der Waals surface area contributed by atoms with E-state index in [1.807, 2.05) is 19.9 Å². The maximum absolute atomic E-state index is 5.70. The number of hydrogen-bond acceptors (Lipinski definition) is 1. The molecule has 0 unspecified atom stereocenters. The van der Waals surface area contributed by atoms with Crippen LogP contribution in [0.2, 0.25) is 0 Å². The van der Waals surface area contributed by atoms with Gasteiger partial charge in [0.2, 0.25) is 0 Å². The molecular formula is C9H16BN. The predicted molar refractivity (Wildman–Crippen MR) is 54.0 cm³/mol. The van der Waals surface area contributed by atoms with Crippen molar-refractivity contribution in [2.24, 2.45) is 5.73 Å². The van der Waals surface area contributed by atoms with Gasteiger partial charge in [0.1, 0.15) is 7.85 Å². The lowest BCUT2D eigenvalue weighted by Crippen LogP contribution is -1.97. The van der Waals surface area contributed by atoms with Gasteiger partial charge in [0.25, 0.3) is 0 Å². The zero-order valence-electron chi connectivity index (χ0n) is 7.43. The van der Waals surface area contributed by atoms with Crippen molar-refractivity contribution in [3.8, 4) is 0 Å². The van der Waals surface area contributed by atoms with Crippen molar-refractivity contribution in [3.63, 3.8) is 0 Å². The molecule has 2 N–H and O–H groups in total. The van der Waals surface area contributed by atoms with Gasteiger partial charge in [-0.25, -0.2) is 0 Å². The average Bonchev–Trinajstić information content (AvgIpc) is 2.03. The number of rotatable bonds is 4. The van der Waals surface area contributed by atoms with E-state index in [2.05, 4.69) is 13.5 Å². The highest BCUT2D eigenvalue weighted by atomic mass is 14.6. The van der Waals surface area contributed by atoms with Gasteiger partial charge in [0.05, 0.1) is 0 Å². The molecule has 0 amide bonds. The molecule has 0 saturated heterocycles. The zero-order valence-corrected chi connectivity index (χ0v) is 7.43. The van der Waals surface area contributed by atoms with Crippen molar-refractivity contribution in [2.45, 2.75) is 19.8 Å². The van der Waals surface area contributed by atoms with E-state index in [0.29, 0.717) is 0 Å². The Bertz CT molecular complexity index is 180. The molecule has 0 aliphatic carbocycles. The highest BCUT2D eigenvalue weighted by Crippen LogP contribution is 2.09. The first-order valence-electron chi connectivity index (χ1n) is 4.00. The van der Waals surface area contributed by atoms with Crippen molar-refractivity contribution in [1.29, 1.82) is 0 Å². The molecule has 0 rings (SSSR count). The van der Waals surface area contributed by atoms with E-state index in [-0.39, 0.29) is 0 Å². The van der Waals surface area contributed by atoms with Gasteiger partial charge in [-0.1, -0.05) is 26.0 Å². The molecule has 60 valence electrons. The summed E-state index contributed by atoms with van der Waals surface area (Å²) < 4.78 is 0. The second-order valence-corrected chi connectivity index (χ2v) is 2.43. The quantitative estimate of drug-likeness (QED) is 0.473. The predicted octanol–water partition coefficient (Wildman–Crippen LogP) is 1.33. The van der Waals surface area contributed by atoms with Crippen molar-refractivity contribution in [2.75, 3.05) is 0 Å². The third-order valence-electron chi connectivity index (χ3n) is 1.48. The molecule has 0 heterocycles. The lowest BCUT2D eigenvalue weighted by atomic mass is 10.0. The van der Waals surface area contributed by atoms with Crippen LogP contribution in [0.15, 0.2) is 36.0 Å². The largest absolute Gasteiger partial charge is 0.399 e. The Labute approximate surface area is 70.1 Å². The summed E-state index contributed by atoms with van der Waals surface area (Å²) in [6.07, 6.45) is 5.89. The van der Waals surface area contributed by atoms with Gasteiger partial charge < -0.3 is 5.73 Å². The summed E-state index contributed by atoms with van der Waals surface area (Å²) in [5, 5.41) is 0. The van der Waals surface area contributed by atoms with E-state index in [9.17, 15) is 0 Å². The maximum atomic E-state index is 5.70. The fourth-order valence-electron chi connectivity index (χ4n) is 0.926. The van der Waals surface area contributed by atoms with E-state index < -0.39 is 0 Å². The minimum absolute atomic E-state index is 0.796. The Balaban J connectivity index is 4.42. The summed E-state index contributed by atoms with van der Waals surface area (Å²) in [4.78, 5) is 0. The summed E-state index contributed by atoms with van der Waals surface area (Å²) in [5.41, 5.74) is 7.68. The summed E-state index contributed by atoms with van der Waals surface area (Å²) in [6, 6.07) is 0. The van der Waals surface area contributed by atoms with Crippen LogP contribution in [0.4, 0.5) is 0 Å². The first-order valence-corrected chi connectivity index (χ1v) is 4.00. The molecule has 0 radical (unpaired) electrons. The van der Waals surface area contributed by atoms with E-state index in [1.54, 1.807) is 6.08 Å². The topological polar surface area (TPSA) is 26.0 Å². The SMILES string of the molecule is B/C=C/C(CCC)=C(/N)C=C. The molecule has 0 aliphatic rings. The smallest absolute Gasteiger partial charge is 0.129 e. The van der Waals surface area contributed by atoms with Crippen LogP contribution < -0.4 is 5.73 Å². The molecule has 0 spiro atoms. The number of allylic oxidation sites excluding steroid dienone is 3. The Morgan fingerprint density at radius 2 is 2.27 bits per heavy atom. The molecular weight excluding hydrogens is 133 g/mol. The lowest BCUT2D eigenvalue weighted by molar-refractivity contribution is 0.915. The van der Waals surface area contributed by atoms with Gasteiger partial charge in [-0.3, -0.25) is 0 Å². The second-order valence-electron chi connectivity index (χ2n) is 2.43. The summed E-state index contributed by atoms with van der Waals surface area (Å²) in [7, 11) is 1.99. The monoisotopic (exact) mass is 149 g/mol. The van der Waals surface area contributed by atoms with Crippen molar-refractivity contribution < 1.29 is 0 Å². The van der Waals surface area contributed by atoms with Gasteiger partial charge in [0.15, 0.2) is 0 Å². The zero-order chi connectivity index (χ0) is 8.69. The maximum Gasteiger partial charge on any atom is 0.129 e. The molecule has 0 aromatic carbocycles. The third kappa shape index (κ3) is 3.71. The van der Waals surface area contributed by atoms with Crippen LogP contribution in [0.1, 0.15) is 19.8 Å². The van der Waals surface area contributed by atoms with Crippen LogP contribution in [-0.2, 0) is 0 Å². The Morgan fingerprint density at radius 1 is 1.64 bits per heavy atom. The molecule has 1 nitrogen and oxygen atoms in total. The first kappa shape index (κ1) is 10.1. The summed E-state index contributed by atoms with van der Waals surface area (Å²) in [6.45, 7) is 5.77. The van der Waals surface area contributed by atoms with E-state index in [0.717, 1.165) is 18.5 Å². The molecule has 0 saturated carbocycles. The van der Waals surface area contributed by atoms with Gasteiger partial charge in [-0.15, -0.1) is 5.98 Å². The van der Waals surface area contributed by atoms with Gasteiger partial charge in [0, 0.05) is 5.70 Å². The fraction of sp³-hybridized carbons (Fsp3) is 0.333. The van der Waals surface area contributed by atoms with Gasteiger partial charge in [-0.05, 0) is 18.1 Å². The van der Waals surface area contributed by atoms with Crippen LogP contribution in [0.3, 0.4) is 0 Å². The molecule has 11 heavy (non-hydrogen) atoms. The third-order valence-corrected chi connectivity index (χ3v) is 1.48. The van der Waals surface area contributed by atoms with Crippen molar-refractivity contribution in [3.05, 3.63) is 36.0 Å². The molecule has 0 aromatic rings. The highest BCUT2D eigenvalue weighted by molar-refractivity contribution is 6.17. The minimum Gasteiger partial charge on any atom is -0.399 e. The Morgan fingerprint density at radius 3 is 2.64 bits per heavy atom. The van der Waals surface area contributed by atoms with E-state index >= 15 is 0 Å². The molecule has 2 heteroatoms. The fourth-order valence-corrected chi connectivity index (χ4v) is 0.926. The van der Waals surface area contributed by atoms with Crippen LogP contribution in [0.5, 0.6) is 0 Å². The molecule has 0 bridgehead atoms. The molecule has 0 fully saturated rings. The van der Waals surface area contributed by atoms with Gasteiger partial charge in [-0.2, -0.15) is 0 Å². The van der Waals surface area contributed by atoms with Crippen LogP contribution in [-0.4, -0.2) is 7.85 Å². The van der Waals surface area contributed by atoms with Crippen LogP contribution in [0, 0.1) is 0 Å². The van der Waals surface area contributed by atoms with Crippen LogP contribution >= 0.6 is 0 Å². The standard InChI is InChI=1S/C9H16BN/c1-3-5-8(6-7-10)9(11)4-2/h4,6-7H,2-3,5,10-11H2,1H3/b7-6+,9-8+. The van der Waals surface area contributed by atoms with Gasteiger partial charge >= 0.3 is 0 Å². The second kappa shape index (κ2) is 5.84. The van der Waals surface area contributed by atoms with Crippen molar-refractivity contribution in [1.82, 2.24) is 0 Å². The normalized spacial score (nSPS) is 13.2. The Hall–Kier alpha value is -0.915. The van der Waals surface area contributed by atoms with E-state index in [1.165, 1.54) is 5.57 Å². The lowest BCUT2D eigenvalue weighted by Gasteiger charge is -2.01. The molecule has 0 atom stereocenters. The average molecular weight is 149 g/mol. The van der Waals surface area contributed by atoms with Crippen LogP contribution in [0.25, 0.3) is 0 Å². The molecule has 0 aliphatic heterocycles.